The molecule has 0 spiro atoms. The largest absolute Gasteiger partial charge is 0.241 e. The van der Waals surface area contributed by atoms with Crippen LogP contribution in [0.25, 0.3) is 0 Å². The van der Waals surface area contributed by atoms with Gasteiger partial charge >= 0.3 is 0 Å². The van der Waals surface area contributed by atoms with E-state index in [1.165, 1.54) is 30.6 Å². The normalized spacial score (nSPS) is 31.1. The minimum absolute atomic E-state index is 0.159. The van der Waals surface area contributed by atoms with Gasteiger partial charge in [0.25, 0.3) is 0 Å². The van der Waals surface area contributed by atoms with Gasteiger partial charge in [0.05, 0.1) is 8.68 Å². The molecule has 1 heterocycles. The molecule has 2 aliphatic carbocycles. The van der Waals surface area contributed by atoms with Crippen molar-refractivity contribution in [2.75, 3.05) is 0 Å². The van der Waals surface area contributed by atoms with Crippen LogP contribution in [0.2, 0.25) is 0 Å². The lowest BCUT2D eigenvalue weighted by atomic mass is 9.96. The molecule has 2 aliphatic rings. The summed E-state index contributed by atoms with van der Waals surface area (Å²) in [4.78, 5) is 1.28. The van der Waals surface area contributed by atoms with Crippen LogP contribution in [0.5, 0.6) is 0 Å². The molecule has 3 atom stereocenters. The second-order valence-corrected chi connectivity index (χ2v) is 9.69. The highest BCUT2D eigenvalue weighted by atomic mass is 79.9. The molecule has 1 aromatic heterocycles. The maximum Gasteiger partial charge on any atom is 0.241 e. The minimum Gasteiger partial charge on any atom is -0.208 e. The molecule has 18 heavy (non-hydrogen) atoms. The Morgan fingerprint density at radius 1 is 1.39 bits per heavy atom. The van der Waals surface area contributed by atoms with Crippen molar-refractivity contribution < 1.29 is 8.42 Å². The number of thiophene rings is 1. The zero-order valence-electron chi connectivity index (χ0n) is 10.1. The van der Waals surface area contributed by atoms with Crippen molar-refractivity contribution in [3.8, 4) is 0 Å². The van der Waals surface area contributed by atoms with Crippen LogP contribution in [0, 0.1) is 18.8 Å². The first-order chi connectivity index (χ1) is 8.45. The van der Waals surface area contributed by atoms with Crippen LogP contribution in [-0.4, -0.2) is 14.5 Å². The molecule has 2 saturated carbocycles. The van der Waals surface area contributed by atoms with Gasteiger partial charge < -0.3 is 0 Å². The molecule has 0 aromatic carbocycles. The fourth-order valence-corrected chi connectivity index (χ4v) is 7.08. The zero-order chi connectivity index (χ0) is 12.9. The lowest BCUT2D eigenvalue weighted by molar-refractivity contribution is 0.390. The van der Waals surface area contributed by atoms with E-state index in [4.69, 9.17) is 0 Å². The number of fused-ring (bicyclic) bond motifs is 2. The molecule has 2 bridgehead atoms. The Hall–Kier alpha value is 0.0900. The number of nitrogens with one attached hydrogen (secondary N) is 1. The molecule has 0 aliphatic heterocycles. The van der Waals surface area contributed by atoms with E-state index in [0.717, 1.165) is 21.0 Å². The second-order valence-electron chi connectivity index (χ2n) is 5.37. The number of halogens is 1. The fourth-order valence-electron chi connectivity index (χ4n) is 3.35. The van der Waals surface area contributed by atoms with Crippen LogP contribution in [-0.2, 0) is 10.0 Å². The molecule has 0 saturated heterocycles. The van der Waals surface area contributed by atoms with E-state index in [2.05, 4.69) is 20.7 Å². The predicted molar refractivity (Wildman–Crippen MR) is 76.3 cm³/mol. The maximum atomic E-state index is 12.4. The third-order valence-electron chi connectivity index (χ3n) is 4.18. The zero-order valence-corrected chi connectivity index (χ0v) is 13.4. The molecule has 1 N–H and O–H groups in total. The Bertz CT molecular complexity index is 567. The Labute approximate surface area is 120 Å². The van der Waals surface area contributed by atoms with Crippen LogP contribution < -0.4 is 4.72 Å². The Kier molecular flexibility index (Phi) is 3.33. The van der Waals surface area contributed by atoms with Gasteiger partial charge in [-0.25, -0.2) is 13.1 Å². The number of hydrogen-bond donors (Lipinski definition) is 1. The van der Waals surface area contributed by atoms with E-state index >= 15 is 0 Å². The number of aryl methyl sites for hydroxylation is 1. The average molecular weight is 350 g/mol. The summed E-state index contributed by atoms with van der Waals surface area (Å²) in [6, 6.07) is 1.86. The molecule has 100 valence electrons. The predicted octanol–water partition coefficient (Wildman–Crippen LogP) is 3.29. The van der Waals surface area contributed by atoms with E-state index < -0.39 is 10.0 Å². The van der Waals surface area contributed by atoms with Crippen LogP contribution in [0.1, 0.15) is 30.6 Å². The molecule has 3 unspecified atom stereocenters. The first kappa shape index (κ1) is 13.1. The molecule has 3 nitrogen and oxygen atoms in total. The van der Waals surface area contributed by atoms with Crippen molar-refractivity contribution in [1.82, 2.24) is 4.72 Å². The summed E-state index contributed by atoms with van der Waals surface area (Å²) in [5, 5.41) is 0. The van der Waals surface area contributed by atoms with Gasteiger partial charge in [0.1, 0.15) is 0 Å². The number of sulfonamides is 1. The molecule has 1 aromatic rings. The van der Waals surface area contributed by atoms with Gasteiger partial charge in [-0.05, 0) is 60.0 Å². The topological polar surface area (TPSA) is 46.2 Å². The molecular formula is C12H16BrNO2S2. The highest BCUT2D eigenvalue weighted by Gasteiger charge is 2.41. The van der Waals surface area contributed by atoms with Gasteiger partial charge in [-0.1, -0.05) is 6.42 Å². The molecule has 3 rings (SSSR count). The highest BCUT2D eigenvalue weighted by Crippen LogP contribution is 2.45. The van der Waals surface area contributed by atoms with Gasteiger partial charge in [-0.15, -0.1) is 11.3 Å². The van der Waals surface area contributed by atoms with Gasteiger partial charge in [-0.2, -0.15) is 0 Å². The van der Waals surface area contributed by atoms with Gasteiger partial charge in [-0.3, -0.25) is 0 Å². The second kappa shape index (κ2) is 4.58. The monoisotopic (exact) mass is 349 g/mol. The van der Waals surface area contributed by atoms with Gasteiger partial charge in [0, 0.05) is 10.9 Å². The van der Waals surface area contributed by atoms with E-state index in [0.29, 0.717) is 10.8 Å². The van der Waals surface area contributed by atoms with Crippen LogP contribution in [0.4, 0.5) is 0 Å². The lowest BCUT2D eigenvalue weighted by Gasteiger charge is -2.22. The summed E-state index contributed by atoms with van der Waals surface area (Å²) in [5.41, 5.74) is 0. The molecular weight excluding hydrogens is 334 g/mol. The summed E-state index contributed by atoms with van der Waals surface area (Å²) < 4.78 is 28.5. The van der Waals surface area contributed by atoms with Crippen LogP contribution in [0.15, 0.2) is 14.7 Å². The lowest BCUT2D eigenvalue weighted by Crippen LogP contribution is -2.38. The van der Waals surface area contributed by atoms with E-state index in [9.17, 15) is 8.42 Å². The Morgan fingerprint density at radius 3 is 2.67 bits per heavy atom. The molecule has 0 radical (unpaired) electrons. The third kappa shape index (κ3) is 2.28. The van der Waals surface area contributed by atoms with Crippen molar-refractivity contribution >= 4 is 37.3 Å². The van der Waals surface area contributed by atoms with E-state index in [1.54, 1.807) is 6.07 Å². The standard InChI is InChI=1S/C12H16BrNO2S2/c1-7-11(6-12(13)17-7)18(15,16)14-10-5-8-2-3-9(10)4-8/h6,8-10,14H,2-5H2,1H3. The minimum atomic E-state index is -3.35. The maximum absolute atomic E-state index is 12.4. The summed E-state index contributed by atoms with van der Waals surface area (Å²) >= 11 is 4.81. The van der Waals surface area contributed by atoms with Gasteiger partial charge in [0.2, 0.25) is 10.0 Å². The fraction of sp³-hybridized carbons (Fsp3) is 0.667. The first-order valence-corrected chi connectivity index (χ1v) is 9.33. The Balaban J connectivity index is 1.81. The van der Waals surface area contributed by atoms with Crippen molar-refractivity contribution in [1.29, 1.82) is 0 Å². The van der Waals surface area contributed by atoms with Crippen molar-refractivity contribution in [2.45, 2.75) is 43.5 Å². The van der Waals surface area contributed by atoms with Crippen LogP contribution in [0.3, 0.4) is 0 Å². The van der Waals surface area contributed by atoms with Crippen molar-refractivity contribution in [3.05, 3.63) is 14.7 Å². The first-order valence-electron chi connectivity index (χ1n) is 6.24. The van der Waals surface area contributed by atoms with E-state index in [-0.39, 0.29) is 6.04 Å². The Morgan fingerprint density at radius 2 is 2.17 bits per heavy atom. The third-order valence-corrected chi connectivity index (χ3v) is 7.48. The van der Waals surface area contributed by atoms with Crippen LogP contribution >= 0.6 is 27.3 Å². The summed E-state index contributed by atoms with van der Waals surface area (Å²) in [7, 11) is -3.35. The molecule has 6 heteroatoms. The quantitative estimate of drug-likeness (QED) is 0.909. The molecule has 2 fully saturated rings. The van der Waals surface area contributed by atoms with E-state index in [1.807, 2.05) is 6.92 Å². The molecule has 0 amide bonds. The van der Waals surface area contributed by atoms with Gasteiger partial charge in [0.15, 0.2) is 0 Å². The average Bonchev–Trinajstić information content (AvgIpc) is 2.93. The SMILES string of the molecule is Cc1sc(Br)cc1S(=O)(=O)NC1CC2CCC1C2. The number of hydrogen-bond acceptors (Lipinski definition) is 3. The van der Waals surface area contributed by atoms with Crippen molar-refractivity contribution in [2.24, 2.45) is 11.8 Å². The summed E-state index contributed by atoms with van der Waals surface area (Å²) in [5.74, 6) is 1.31. The number of rotatable bonds is 3. The van der Waals surface area contributed by atoms with Crippen molar-refractivity contribution in [3.63, 3.8) is 0 Å². The summed E-state index contributed by atoms with van der Waals surface area (Å²) in [6.07, 6.45) is 4.70. The highest BCUT2D eigenvalue weighted by molar-refractivity contribution is 9.11. The summed E-state index contributed by atoms with van der Waals surface area (Å²) in [6.45, 7) is 1.85. The smallest absolute Gasteiger partial charge is 0.208 e.